The molecule has 0 aliphatic carbocycles. The number of barbiturate groups is 1. The molecule has 0 saturated carbocycles. The van der Waals surface area contributed by atoms with Crippen LogP contribution in [0.2, 0.25) is 0 Å². The SMILES string of the molecule is Cc1c(C)[n+]([O-])c([C@H](c2cc(F)c(F)c(F)c2)C2C(=O)N(C)C(=O)N(C)C2=O)n1Cc1ccccc1. The van der Waals surface area contributed by atoms with Gasteiger partial charge in [0.25, 0.3) is 5.82 Å². The van der Waals surface area contributed by atoms with Gasteiger partial charge in [0.1, 0.15) is 29.8 Å². The maximum Gasteiger partial charge on any atom is 0.332 e. The zero-order chi connectivity index (χ0) is 26.5. The molecule has 1 atom stereocenters. The van der Waals surface area contributed by atoms with Crippen molar-refractivity contribution in [1.82, 2.24) is 14.4 Å². The average Bonchev–Trinajstić information content (AvgIpc) is 3.06. The van der Waals surface area contributed by atoms with Crippen LogP contribution in [0.4, 0.5) is 18.0 Å². The van der Waals surface area contributed by atoms with Crippen molar-refractivity contribution < 1.29 is 32.3 Å². The number of aromatic nitrogens is 2. The lowest BCUT2D eigenvalue weighted by molar-refractivity contribution is -0.621. The maximum atomic E-state index is 14.4. The number of halogens is 3. The first kappa shape index (κ1) is 25.0. The van der Waals surface area contributed by atoms with Crippen LogP contribution in [0.3, 0.4) is 0 Å². The van der Waals surface area contributed by atoms with Gasteiger partial charge in [-0.25, -0.2) is 27.3 Å². The van der Waals surface area contributed by atoms with Crippen LogP contribution in [0, 0.1) is 42.4 Å². The molecule has 36 heavy (non-hydrogen) atoms. The molecule has 0 N–H and O–H groups in total. The summed E-state index contributed by atoms with van der Waals surface area (Å²) in [5.74, 6) is -10.1. The van der Waals surface area contributed by atoms with E-state index in [0.717, 1.165) is 19.7 Å². The van der Waals surface area contributed by atoms with E-state index >= 15 is 0 Å². The Balaban J connectivity index is 2.02. The fourth-order valence-electron chi connectivity index (χ4n) is 4.52. The van der Waals surface area contributed by atoms with Crippen molar-refractivity contribution in [2.24, 2.45) is 5.92 Å². The third-order valence-electron chi connectivity index (χ3n) is 6.65. The highest BCUT2D eigenvalue weighted by atomic mass is 19.2. The zero-order valence-electron chi connectivity index (χ0n) is 20.0. The van der Waals surface area contributed by atoms with E-state index in [1.165, 1.54) is 6.92 Å². The monoisotopic (exact) mass is 500 g/mol. The molecule has 0 unspecified atom stereocenters. The van der Waals surface area contributed by atoms with E-state index in [4.69, 9.17) is 0 Å². The van der Waals surface area contributed by atoms with Crippen molar-refractivity contribution in [1.29, 1.82) is 0 Å². The van der Waals surface area contributed by atoms with E-state index in [-0.39, 0.29) is 23.6 Å². The van der Waals surface area contributed by atoms with Gasteiger partial charge in [-0.2, -0.15) is 0 Å². The number of rotatable bonds is 5. The predicted octanol–water partition coefficient (Wildman–Crippen LogP) is 3.00. The van der Waals surface area contributed by atoms with Gasteiger partial charge in [0.2, 0.25) is 11.8 Å². The quantitative estimate of drug-likeness (QED) is 0.233. The van der Waals surface area contributed by atoms with Crippen molar-refractivity contribution in [3.05, 3.63) is 93.5 Å². The Morgan fingerprint density at radius 3 is 2.00 bits per heavy atom. The first-order valence-corrected chi connectivity index (χ1v) is 11.0. The first-order valence-electron chi connectivity index (χ1n) is 11.0. The predicted molar refractivity (Wildman–Crippen MR) is 121 cm³/mol. The molecule has 3 aromatic rings. The summed E-state index contributed by atoms with van der Waals surface area (Å²) in [7, 11) is 2.32. The van der Waals surface area contributed by atoms with Crippen molar-refractivity contribution in [2.45, 2.75) is 26.3 Å². The number of hydrogen-bond acceptors (Lipinski definition) is 4. The number of carbonyl (C=O) groups excluding carboxylic acids is 3. The molecule has 1 aliphatic heterocycles. The molecule has 11 heteroatoms. The molecule has 2 aromatic carbocycles. The fourth-order valence-corrected chi connectivity index (χ4v) is 4.52. The molecule has 1 aromatic heterocycles. The molecule has 4 amide bonds. The number of hydrogen-bond donors (Lipinski definition) is 0. The Bertz CT molecular complexity index is 1340. The van der Waals surface area contributed by atoms with Crippen molar-refractivity contribution in [2.75, 3.05) is 14.1 Å². The summed E-state index contributed by atoms with van der Waals surface area (Å²) < 4.78 is 44.6. The summed E-state index contributed by atoms with van der Waals surface area (Å²) in [6.45, 7) is 3.33. The van der Waals surface area contributed by atoms with Gasteiger partial charge in [-0.1, -0.05) is 30.3 Å². The molecular formula is C25H23F3N4O4. The Morgan fingerprint density at radius 2 is 1.47 bits per heavy atom. The number of carbonyl (C=O) groups is 3. The normalized spacial score (nSPS) is 15.7. The van der Waals surface area contributed by atoms with E-state index in [1.54, 1.807) is 41.8 Å². The van der Waals surface area contributed by atoms with E-state index in [9.17, 15) is 32.8 Å². The largest absolute Gasteiger partial charge is 0.711 e. The lowest BCUT2D eigenvalue weighted by atomic mass is 9.82. The Labute approximate surface area is 204 Å². The number of urea groups is 1. The van der Waals surface area contributed by atoms with Gasteiger partial charge in [0.05, 0.1) is 0 Å². The molecular weight excluding hydrogens is 477 g/mol. The maximum absolute atomic E-state index is 14.4. The van der Waals surface area contributed by atoms with Crippen LogP contribution in [0.1, 0.15) is 34.3 Å². The molecule has 0 spiro atoms. The highest BCUT2D eigenvalue weighted by molar-refractivity contribution is 6.16. The van der Waals surface area contributed by atoms with Crippen molar-refractivity contribution in [3.63, 3.8) is 0 Å². The summed E-state index contributed by atoms with van der Waals surface area (Å²) in [4.78, 5) is 40.3. The Hall–Kier alpha value is -4.15. The molecule has 1 fully saturated rings. The van der Waals surface area contributed by atoms with Crippen LogP contribution in [-0.4, -0.2) is 46.3 Å². The minimum absolute atomic E-state index is 0.139. The van der Waals surface area contributed by atoms with Crippen LogP contribution < -0.4 is 4.73 Å². The van der Waals surface area contributed by atoms with Crippen molar-refractivity contribution in [3.8, 4) is 0 Å². The summed E-state index contributed by atoms with van der Waals surface area (Å²) in [6.07, 6.45) is 0. The third kappa shape index (κ3) is 3.90. The second kappa shape index (κ2) is 9.14. The zero-order valence-corrected chi connectivity index (χ0v) is 20.0. The molecule has 0 bridgehead atoms. The summed E-state index contributed by atoms with van der Waals surface area (Å²) in [5.41, 5.74) is 1.21. The fraction of sp³-hybridized carbons (Fsp3) is 0.280. The highest BCUT2D eigenvalue weighted by Gasteiger charge is 2.51. The number of benzene rings is 2. The van der Waals surface area contributed by atoms with Crippen LogP contribution in [0.5, 0.6) is 0 Å². The Morgan fingerprint density at radius 1 is 0.944 bits per heavy atom. The first-order chi connectivity index (χ1) is 17.0. The number of amides is 4. The lowest BCUT2D eigenvalue weighted by Crippen LogP contribution is -2.59. The van der Waals surface area contributed by atoms with Crippen LogP contribution in [-0.2, 0) is 16.1 Å². The average molecular weight is 500 g/mol. The summed E-state index contributed by atoms with van der Waals surface area (Å²) >= 11 is 0. The topological polar surface area (TPSA) is 89.6 Å². The number of nitrogens with zero attached hydrogens (tertiary/aromatic N) is 4. The minimum atomic E-state index is -1.73. The highest BCUT2D eigenvalue weighted by Crippen LogP contribution is 2.37. The van der Waals surface area contributed by atoms with Gasteiger partial charge in [-0.3, -0.25) is 19.4 Å². The summed E-state index contributed by atoms with van der Waals surface area (Å²) in [6, 6.07) is 9.42. The third-order valence-corrected chi connectivity index (χ3v) is 6.65. The molecule has 1 aliphatic rings. The van der Waals surface area contributed by atoms with Gasteiger partial charge >= 0.3 is 6.03 Å². The van der Waals surface area contributed by atoms with E-state index in [1.807, 2.05) is 0 Å². The van der Waals surface area contributed by atoms with Gasteiger partial charge in [-0.05, 0) is 23.3 Å². The van der Waals surface area contributed by atoms with E-state index < -0.39 is 47.1 Å². The molecule has 2 heterocycles. The Kier molecular flexibility index (Phi) is 6.33. The standard InChI is InChI=1S/C25H23F3N4O4/c1-13-14(2)32(36)22(31(13)12-15-8-6-5-7-9-15)19(16-10-17(26)21(28)18(27)11-16)20-23(33)29(3)25(35)30(4)24(20)34/h5-11,19-20H,12H2,1-4H3/t19-/m1/s1. The molecule has 0 radical (unpaired) electrons. The molecule has 188 valence electrons. The molecule has 8 nitrogen and oxygen atoms in total. The second-order valence-electron chi connectivity index (χ2n) is 8.73. The lowest BCUT2D eigenvalue weighted by Gasteiger charge is -2.36. The smallest absolute Gasteiger partial charge is 0.332 e. The van der Waals surface area contributed by atoms with Crippen LogP contribution in [0.15, 0.2) is 42.5 Å². The number of imide groups is 2. The van der Waals surface area contributed by atoms with E-state index in [2.05, 4.69) is 0 Å². The van der Waals surface area contributed by atoms with Crippen LogP contribution >= 0.6 is 0 Å². The molecule has 1 saturated heterocycles. The summed E-state index contributed by atoms with van der Waals surface area (Å²) in [5, 5.41) is 13.5. The van der Waals surface area contributed by atoms with Crippen molar-refractivity contribution >= 4 is 17.8 Å². The van der Waals surface area contributed by atoms with Gasteiger partial charge in [0, 0.05) is 27.9 Å². The van der Waals surface area contributed by atoms with Gasteiger partial charge in [-0.15, -0.1) is 0 Å². The minimum Gasteiger partial charge on any atom is -0.711 e. The molecule has 4 rings (SSSR count). The van der Waals surface area contributed by atoms with Crippen LogP contribution in [0.25, 0.3) is 0 Å². The van der Waals surface area contributed by atoms with Gasteiger partial charge < -0.3 is 5.21 Å². The van der Waals surface area contributed by atoms with Gasteiger partial charge in [0.15, 0.2) is 17.5 Å². The number of imidazole rings is 1. The van der Waals surface area contributed by atoms with E-state index in [0.29, 0.717) is 32.4 Å². The second-order valence-corrected chi connectivity index (χ2v) is 8.73.